The van der Waals surface area contributed by atoms with E-state index in [9.17, 15) is 0 Å². The Hall–Kier alpha value is -2.40. The number of anilines is 1. The normalized spacial score (nSPS) is 10.6. The molecule has 0 saturated heterocycles. The summed E-state index contributed by atoms with van der Waals surface area (Å²) < 4.78 is 5.18. The van der Waals surface area contributed by atoms with Crippen LogP contribution in [0.25, 0.3) is 23.0 Å². The first-order valence-electron chi connectivity index (χ1n) is 5.55. The Morgan fingerprint density at radius 2 is 1.84 bits per heavy atom. The van der Waals surface area contributed by atoms with E-state index in [1.54, 1.807) is 24.3 Å². The molecule has 5 nitrogen and oxygen atoms in total. The number of halogens is 1. The van der Waals surface area contributed by atoms with Crippen LogP contribution in [0, 0.1) is 0 Å². The van der Waals surface area contributed by atoms with Crippen LogP contribution < -0.4 is 5.73 Å². The molecular weight excluding hydrogens is 264 g/mol. The molecule has 1 aromatic carbocycles. The molecular formula is C13H9ClN4O. The van der Waals surface area contributed by atoms with Crippen molar-refractivity contribution in [3.05, 3.63) is 47.5 Å². The predicted molar refractivity (Wildman–Crippen MR) is 72.4 cm³/mol. The lowest BCUT2D eigenvalue weighted by atomic mass is 10.2. The van der Waals surface area contributed by atoms with Crippen molar-refractivity contribution in [2.75, 3.05) is 5.73 Å². The third-order valence-electron chi connectivity index (χ3n) is 2.53. The van der Waals surface area contributed by atoms with Gasteiger partial charge in [0.25, 0.3) is 5.89 Å². The summed E-state index contributed by atoms with van der Waals surface area (Å²) in [6.07, 6.45) is 0. The van der Waals surface area contributed by atoms with Crippen LogP contribution in [-0.4, -0.2) is 15.1 Å². The van der Waals surface area contributed by atoms with Gasteiger partial charge in [-0.2, -0.15) is 4.98 Å². The van der Waals surface area contributed by atoms with Crippen molar-refractivity contribution in [2.24, 2.45) is 0 Å². The predicted octanol–water partition coefficient (Wildman–Crippen LogP) is 3.03. The lowest BCUT2D eigenvalue weighted by Gasteiger charge is -1.96. The molecule has 0 radical (unpaired) electrons. The summed E-state index contributed by atoms with van der Waals surface area (Å²) >= 11 is 6.08. The number of hydrogen-bond acceptors (Lipinski definition) is 5. The smallest absolute Gasteiger partial charge is 0.276 e. The van der Waals surface area contributed by atoms with Crippen LogP contribution in [0.5, 0.6) is 0 Å². The number of nitrogens with zero attached hydrogens (tertiary/aromatic N) is 3. The zero-order valence-corrected chi connectivity index (χ0v) is 10.5. The van der Waals surface area contributed by atoms with Gasteiger partial charge in [0, 0.05) is 5.56 Å². The molecule has 0 fully saturated rings. The summed E-state index contributed by atoms with van der Waals surface area (Å²) in [5, 5.41) is 4.47. The van der Waals surface area contributed by atoms with Crippen molar-refractivity contribution in [3.63, 3.8) is 0 Å². The summed E-state index contributed by atoms with van der Waals surface area (Å²) in [4.78, 5) is 8.39. The molecule has 0 atom stereocenters. The number of rotatable bonds is 2. The van der Waals surface area contributed by atoms with Crippen LogP contribution in [0.1, 0.15) is 0 Å². The van der Waals surface area contributed by atoms with Crippen LogP contribution in [0.4, 0.5) is 5.82 Å². The minimum Gasteiger partial charge on any atom is -0.384 e. The van der Waals surface area contributed by atoms with Gasteiger partial charge in [0.15, 0.2) is 0 Å². The van der Waals surface area contributed by atoms with E-state index >= 15 is 0 Å². The molecule has 0 bridgehead atoms. The Labute approximate surface area is 114 Å². The molecule has 0 unspecified atom stereocenters. The van der Waals surface area contributed by atoms with Gasteiger partial charge in [-0.3, -0.25) is 0 Å². The van der Waals surface area contributed by atoms with Crippen molar-refractivity contribution in [1.82, 2.24) is 15.1 Å². The van der Waals surface area contributed by atoms with Gasteiger partial charge in [-0.05, 0) is 24.3 Å². The van der Waals surface area contributed by atoms with Crippen molar-refractivity contribution >= 4 is 17.4 Å². The van der Waals surface area contributed by atoms with E-state index in [0.29, 0.717) is 33.8 Å². The van der Waals surface area contributed by atoms with Gasteiger partial charge in [-0.25, -0.2) is 4.98 Å². The summed E-state index contributed by atoms with van der Waals surface area (Å²) in [5.41, 5.74) is 6.86. The maximum atomic E-state index is 6.08. The highest BCUT2D eigenvalue weighted by atomic mass is 35.5. The average molecular weight is 273 g/mol. The topological polar surface area (TPSA) is 77.8 Å². The van der Waals surface area contributed by atoms with E-state index in [4.69, 9.17) is 21.9 Å². The van der Waals surface area contributed by atoms with Gasteiger partial charge in [0.2, 0.25) is 5.82 Å². The standard InChI is InChI=1S/C13H9ClN4O/c14-9-5-2-1-4-8(9)12-17-13(19-18-12)10-6-3-7-11(15)16-10/h1-7H,(H2,15,16). The fraction of sp³-hybridized carbons (Fsp3) is 0. The van der Waals surface area contributed by atoms with Gasteiger partial charge < -0.3 is 10.3 Å². The first kappa shape index (κ1) is 11.7. The molecule has 2 aromatic heterocycles. The zero-order chi connectivity index (χ0) is 13.2. The molecule has 3 rings (SSSR count). The molecule has 6 heteroatoms. The Kier molecular flexibility index (Phi) is 2.89. The highest BCUT2D eigenvalue weighted by Gasteiger charge is 2.13. The molecule has 3 aromatic rings. The van der Waals surface area contributed by atoms with E-state index in [1.807, 2.05) is 18.2 Å². The SMILES string of the molecule is Nc1cccc(-c2nc(-c3ccccc3Cl)no2)n1. The Balaban J connectivity index is 2.03. The summed E-state index contributed by atoms with van der Waals surface area (Å²) in [7, 11) is 0. The maximum absolute atomic E-state index is 6.08. The van der Waals surface area contributed by atoms with Crippen molar-refractivity contribution in [3.8, 4) is 23.0 Å². The van der Waals surface area contributed by atoms with E-state index < -0.39 is 0 Å². The summed E-state index contributed by atoms with van der Waals surface area (Å²) in [6.45, 7) is 0. The van der Waals surface area contributed by atoms with E-state index in [-0.39, 0.29) is 0 Å². The number of aromatic nitrogens is 3. The first-order valence-corrected chi connectivity index (χ1v) is 5.93. The summed E-state index contributed by atoms with van der Waals surface area (Å²) in [6, 6.07) is 12.5. The molecule has 0 aliphatic rings. The van der Waals surface area contributed by atoms with Gasteiger partial charge in [-0.15, -0.1) is 0 Å². The van der Waals surface area contributed by atoms with E-state index in [2.05, 4.69) is 15.1 Å². The third kappa shape index (κ3) is 2.28. The van der Waals surface area contributed by atoms with E-state index in [1.165, 1.54) is 0 Å². The first-order chi connectivity index (χ1) is 9.24. The van der Waals surface area contributed by atoms with Gasteiger partial charge in [0.05, 0.1) is 5.02 Å². The second-order valence-electron chi connectivity index (χ2n) is 3.85. The molecule has 0 saturated carbocycles. The third-order valence-corrected chi connectivity index (χ3v) is 2.86. The van der Waals surface area contributed by atoms with Crippen LogP contribution in [0.2, 0.25) is 5.02 Å². The lowest BCUT2D eigenvalue weighted by molar-refractivity contribution is 0.431. The van der Waals surface area contributed by atoms with Crippen molar-refractivity contribution < 1.29 is 4.52 Å². The second-order valence-corrected chi connectivity index (χ2v) is 4.26. The van der Waals surface area contributed by atoms with Crippen LogP contribution in [-0.2, 0) is 0 Å². The molecule has 0 amide bonds. The average Bonchev–Trinajstić information content (AvgIpc) is 2.89. The molecule has 0 spiro atoms. The Morgan fingerprint density at radius 3 is 2.63 bits per heavy atom. The van der Waals surface area contributed by atoms with Crippen molar-refractivity contribution in [2.45, 2.75) is 0 Å². The quantitative estimate of drug-likeness (QED) is 0.776. The van der Waals surface area contributed by atoms with Gasteiger partial charge >= 0.3 is 0 Å². The van der Waals surface area contributed by atoms with E-state index in [0.717, 1.165) is 0 Å². The van der Waals surface area contributed by atoms with Crippen LogP contribution in [0.15, 0.2) is 47.0 Å². The number of nitrogens with two attached hydrogens (primary N) is 1. The lowest BCUT2D eigenvalue weighted by Crippen LogP contribution is -1.91. The summed E-state index contributed by atoms with van der Waals surface area (Å²) in [5.74, 6) is 1.13. The van der Waals surface area contributed by atoms with Crippen LogP contribution >= 0.6 is 11.6 Å². The fourth-order valence-electron chi connectivity index (χ4n) is 1.65. The molecule has 19 heavy (non-hydrogen) atoms. The monoisotopic (exact) mass is 272 g/mol. The minimum atomic E-state index is 0.308. The highest BCUT2D eigenvalue weighted by molar-refractivity contribution is 6.33. The minimum absolute atomic E-state index is 0.308. The zero-order valence-electron chi connectivity index (χ0n) is 9.75. The largest absolute Gasteiger partial charge is 0.384 e. The highest BCUT2D eigenvalue weighted by Crippen LogP contribution is 2.26. The Morgan fingerprint density at radius 1 is 1.00 bits per heavy atom. The molecule has 94 valence electrons. The number of nitrogen functional groups attached to an aromatic ring is 1. The fourth-order valence-corrected chi connectivity index (χ4v) is 1.87. The molecule has 2 N–H and O–H groups in total. The molecule has 0 aliphatic carbocycles. The van der Waals surface area contributed by atoms with Gasteiger partial charge in [0.1, 0.15) is 11.5 Å². The van der Waals surface area contributed by atoms with Gasteiger partial charge in [-0.1, -0.05) is 35.0 Å². The maximum Gasteiger partial charge on any atom is 0.276 e. The molecule has 2 heterocycles. The van der Waals surface area contributed by atoms with Crippen molar-refractivity contribution in [1.29, 1.82) is 0 Å². The van der Waals surface area contributed by atoms with Crippen LogP contribution in [0.3, 0.4) is 0 Å². The number of hydrogen-bond donors (Lipinski definition) is 1. The second kappa shape index (κ2) is 4.70. The molecule has 0 aliphatic heterocycles. The number of benzene rings is 1. The Bertz CT molecular complexity index is 726. The number of pyridine rings is 1.